The van der Waals surface area contributed by atoms with Crippen LogP contribution in [0.1, 0.15) is 66.2 Å². The lowest BCUT2D eigenvalue weighted by Crippen LogP contribution is -2.45. The summed E-state index contributed by atoms with van der Waals surface area (Å²) in [7, 11) is 0. The van der Waals surface area contributed by atoms with E-state index < -0.39 is 0 Å². The zero-order valence-electron chi connectivity index (χ0n) is 10.4. The van der Waals surface area contributed by atoms with Crippen LogP contribution < -0.4 is 5.73 Å². The minimum absolute atomic E-state index is 0.166. The lowest BCUT2D eigenvalue weighted by Gasteiger charge is -2.41. The van der Waals surface area contributed by atoms with Crippen molar-refractivity contribution in [2.75, 3.05) is 0 Å². The first-order chi connectivity index (χ1) is 6.33. The largest absolute Gasteiger partial charge is 0.325 e. The van der Waals surface area contributed by atoms with E-state index in [1.807, 2.05) is 0 Å². The molecule has 0 bridgehead atoms. The predicted octanol–water partition coefficient (Wildman–Crippen LogP) is 3.72. The van der Waals surface area contributed by atoms with Gasteiger partial charge in [-0.1, -0.05) is 27.7 Å². The Morgan fingerprint density at radius 2 is 1.57 bits per heavy atom. The summed E-state index contributed by atoms with van der Waals surface area (Å²) in [6.45, 7) is 9.32. The average molecular weight is 197 g/mol. The van der Waals surface area contributed by atoms with Crippen LogP contribution in [0.5, 0.6) is 0 Å². The average Bonchev–Trinajstić information content (AvgIpc) is 2.08. The molecule has 1 heteroatoms. The van der Waals surface area contributed by atoms with Gasteiger partial charge < -0.3 is 5.73 Å². The van der Waals surface area contributed by atoms with Crippen molar-refractivity contribution in [2.45, 2.75) is 71.8 Å². The zero-order chi connectivity index (χ0) is 10.8. The second-order valence-electron chi connectivity index (χ2n) is 6.46. The van der Waals surface area contributed by atoms with Crippen LogP contribution in [0.25, 0.3) is 0 Å². The van der Waals surface area contributed by atoms with Gasteiger partial charge in [-0.2, -0.15) is 0 Å². The van der Waals surface area contributed by atoms with Crippen molar-refractivity contribution in [1.29, 1.82) is 0 Å². The van der Waals surface area contributed by atoms with Crippen LogP contribution in [-0.4, -0.2) is 5.54 Å². The molecule has 1 aliphatic rings. The lowest BCUT2D eigenvalue weighted by molar-refractivity contribution is 0.153. The van der Waals surface area contributed by atoms with E-state index in [0.29, 0.717) is 5.41 Å². The number of rotatable bonds is 3. The summed E-state index contributed by atoms with van der Waals surface area (Å²) in [5, 5.41) is 0. The molecule has 1 nitrogen and oxygen atoms in total. The van der Waals surface area contributed by atoms with Crippen LogP contribution in [0.4, 0.5) is 0 Å². The highest BCUT2D eigenvalue weighted by Gasteiger charge is 2.34. The van der Waals surface area contributed by atoms with Gasteiger partial charge in [-0.15, -0.1) is 0 Å². The molecule has 1 fully saturated rings. The van der Waals surface area contributed by atoms with Gasteiger partial charge in [0.25, 0.3) is 0 Å². The van der Waals surface area contributed by atoms with E-state index in [0.717, 1.165) is 5.92 Å². The highest BCUT2D eigenvalue weighted by atomic mass is 14.7. The molecular weight excluding hydrogens is 170 g/mol. The molecule has 14 heavy (non-hydrogen) atoms. The van der Waals surface area contributed by atoms with E-state index in [-0.39, 0.29) is 5.54 Å². The predicted molar refractivity (Wildman–Crippen MR) is 63.2 cm³/mol. The fraction of sp³-hybridized carbons (Fsp3) is 1.00. The fourth-order valence-electron chi connectivity index (χ4n) is 2.25. The second-order valence-corrected chi connectivity index (χ2v) is 6.46. The van der Waals surface area contributed by atoms with Crippen molar-refractivity contribution in [3.8, 4) is 0 Å². The number of hydrogen-bond donors (Lipinski definition) is 1. The summed E-state index contributed by atoms with van der Waals surface area (Å²) in [5.74, 6) is 0.797. The van der Waals surface area contributed by atoms with Crippen LogP contribution in [0.15, 0.2) is 0 Å². The summed E-state index contributed by atoms with van der Waals surface area (Å²) in [4.78, 5) is 0. The molecule has 0 unspecified atom stereocenters. The first-order valence-corrected chi connectivity index (χ1v) is 6.12. The van der Waals surface area contributed by atoms with Crippen LogP contribution >= 0.6 is 0 Å². The Kier molecular flexibility index (Phi) is 3.63. The molecule has 1 aliphatic carbocycles. The van der Waals surface area contributed by atoms with Gasteiger partial charge >= 0.3 is 0 Å². The first kappa shape index (κ1) is 12.0. The maximum atomic E-state index is 6.43. The number of nitrogens with two attached hydrogens (primary N) is 1. The molecule has 0 atom stereocenters. The maximum absolute atomic E-state index is 6.43. The van der Waals surface area contributed by atoms with E-state index in [1.54, 1.807) is 0 Å². The summed E-state index contributed by atoms with van der Waals surface area (Å²) < 4.78 is 0. The van der Waals surface area contributed by atoms with Gasteiger partial charge in [0.1, 0.15) is 0 Å². The van der Waals surface area contributed by atoms with Crippen molar-refractivity contribution < 1.29 is 0 Å². The normalized spacial score (nSPS) is 25.3. The molecule has 0 aromatic carbocycles. The quantitative estimate of drug-likeness (QED) is 0.733. The van der Waals surface area contributed by atoms with Gasteiger partial charge in [-0.3, -0.25) is 0 Å². The van der Waals surface area contributed by atoms with Gasteiger partial charge in [0.15, 0.2) is 0 Å². The number of hydrogen-bond acceptors (Lipinski definition) is 1. The highest BCUT2D eigenvalue weighted by molar-refractivity contribution is 4.92. The molecule has 1 saturated carbocycles. The Bertz CT molecular complexity index is 166. The molecule has 0 spiro atoms. The monoisotopic (exact) mass is 197 g/mol. The van der Waals surface area contributed by atoms with E-state index in [2.05, 4.69) is 27.7 Å². The minimum atomic E-state index is 0.166. The summed E-state index contributed by atoms with van der Waals surface area (Å²) in [6.07, 6.45) is 7.58. The first-order valence-electron chi connectivity index (χ1n) is 6.12. The maximum Gasteiger partial charge on any atom is 0.0154 e. The van der Waals surface area contributed by atoms with Crippen molar-refractivity contribution in [1.82, 2.24) is 0 Å². The fourth-order valence-corrected chi connectivity index (χ4v) is 2.25. The Balaban J connectivity index is 2.37. The van der Waals surface area contributed by atoms with Gasteiger partial charge in [-0.05, 0) is 49.9 Å². The molecule has 0 amide bonds. The van der Waals surface area contributed by atoms with Crippen LogP contribution in [0.3, 0.4) is 0 Å². The van der Waals surface area contributed by atoms with Crippen molar-refractivity contribution in [2.24, 2.45) is 17.1 Å². The third-order valence-electron chi connectivity index (χ3n) is 3.82. The van der Waals surface area contributed by atoms with Crippen LogP contribution in [0, 0.1) is 11.3 Å². The molecule has 0 saturated heterocycles. The van der Waals surface area contributed by atoms with E-state index >= 15 is 0 Å². The van der Waals surface area contributed by atoms with Crippen molar-refractivity contribution in [3.63, 3.8) is 0 Å². The molecule has 0 aliphatic heterocycles. The zero-order valence-corrected chi connectivity index (χ0v) is 10.4. The van der Waals surface area contributed by atoms with Gasteiger partial charge in [0, 0.05) is 5.54 Å². The smallest absolute Gasteiger partial charge is 0.0154 e. The van der Waals surface area contributed by atoms with Crippen molar-refractivity contribution in [3.05, 3.63) is 0 Å². The van der Waals surface area contributed by atoms with E-state index in [9.17, 15) is 0 Å². The topological polar surface area (TPSA) is 26.0 Å². The Labute approximate surface area is 89.5 Å². The molecule has 2 N–H and O–H groups in total. The third-order valence-corrected chi connectivity index (χ3v) is 3.82. The Morgan fingerprint density at radius 3 is 2.00 bits per heavy atom. The van der Waals surface area contributed by atoms with Crippen LogP contribution in [-0.2, 0) is 0 Å². The molecule has 1 rings (SSSR count). The Hall–Kier alpha value is -0.0400. The molecule has 0 heterocycles. The summed E-state index contributed by atoms with van der Waals surface area (Å²) in [5.41, 5.74) is 7.14. The van der Waals surface area contributed by atoms with Crippen LogP contribution in [0.2, 0.25) is 0 Å². The van der Waals surface area contributed by atoms with E-state index in [4.69, 9.17) is 5.73 Å². The Morgan fingerprint density at radius 1 is 1.07 bits per heavy atom. The lowest BCUT2D eigenvalue weighted by atomic mass is 9.68. The molecular formula is C13H27N. The second kappa shape index (κ2) is 4.22. The van der Waals surface area contributed by atoms with Crippen molar-refractivity contribution >= 4 is 0 Å². The molecule has 84 valence electrons. The van der Waals surface area contributed by atoms with Gasteiger partial charge in [0.05, 0.1) is 0 Å². The van der Waals surface area contributed by atoms with Gasteiger partial charge in [0.2, 0.25) is 0 Å². The minimum Gasteiger partial charge on any atom is -0.325 e. The third kappa shape index (κ3) is 3.61. The molecule has 0 radical (unpaired) electrons. The van der Waals surface area contributed by atoms with Gasteiger partial charge in [-0.25, -0.2) is 0 Å². The standard InChI is InChI=1S/C13H27N/c1-11(2)5-6-13(14)9-7-12(3,4)8-10-13/h11H,5-10,14H2,1-4H3. The summed E-state index contributed by atoms with van der Waals surface area (Å²) in [6, 6.07) is 0. The summed E-state index contributed by atoms with van der Waals surface area (Å²) >= 11 is 0. The SMILES string of the molecule is CC(C)CCC1(N)CCC(C)(C)CC1. The highest BCUT2D eigenvalue weighted by Crippen LogP contribution is 2.41. The van der Waals surface area contributed by atoms with E-state index in [1.165, 1.54) is 38.5 Å². The molecule has 0 aromatic heterocycles. The molecule has 0 aromatic rings.